The van der Waals surface area contributed by atoms with E-state index in [4.69, 9.17) is 11.6 Å². The molecule has 126 valence electrons. The number of nitrogens with zero attached hydrogens (tertiary/aromatic N) is 3. The van der Waals surface area contributed by atoms with Gasteiger partial charge in [-0.25, -0.2) is 18.7 Å². The van der Waals surface area contributed by atoms with E-state index in [-0.39, 0.29) is 23.1 Å². The molecule has 25 heavy (non-hydrogen) atoms. The molecule has 0 aliphatic heterocycles. The summed E-state index contributed by atoms with van der Waals surface area (Å²) in [5.41, 5.74) is 2.27. The minimum absolute atomic E-state index is 0.0851. The fourth-order valence-corrected chi connectivity index (χ4v) is 2.36. The van der Waals surface area contributed by atoms with E-state index in [2.05, 4.69) is 15.0 Å². The van der Waals surface area contributed by atoms with Gasteiger partial charge in [0, 0.05) is 11.9 Å². The molecule has 1 aromatic carbocycles. The van der Waals surface area contributed by atoms with Gasteiger partial charge in [0.1, 0.15) is 10.8 Å². The van der Waals surface area contributed by atoms with Crippen molar-refractivity contribution in [3.63, 3.8) is 0 Å². The predicted molar refractivity (Wildman–Crippen MR) is 88.5 cm³/mol. The maximum Gasteiger partial charge on any atom is 0.188 e. The minimum atomic E-state index is -0.878. The van der Waals surface area contributed by atoms with Gasteiger partial charge in [0.25, 0.3) is 0 Å². The van der Waals surface area contributed by atoms with Crippen LogP contribution in [0.4, 0.5) is 8.78 Å². The largest absolute Gasteiger partial charge is 0.292 e. The van der Waals surface area contributed by atoms with Crippen LogP contribution in [0, 0.1) is 11.6 Å². The first-order chi connectivity index (χ1) is 12.0. The summed E-state index contributed by atoms with van der Waals surface area (Å²) in [6.07, 6.45) is 4.75. The molecule has 4 nitrogen and oxygen atoms in total. The van der Waals surface area contributed by atoms with E-state index in [1.54, 1.807) is 18.3 Å². The van der Waals surface area contributed by atoms with Gasteiger partial charge in [-0.1, -0.05) is 23.7 Å². The normalized spacial score (nSPS) is 10.7. The van der Waals surface area contributed by atoms with E-state index >= 15 is 0 Å². The molecule has 0 aliphatic carbocycles. The molecule has 0 saturated heterocycles. The standard InChI is InChI=1S/C18H12ClF2N3O/c19-18-10-23-16(9-24-18)17(25)7-13-3-1-12(8-22-13)5-11-2-4-14(20)15(21)6-11/h1-4,6,8-10H,5,7H2. The van der Waals surface area contributed by atoms with E-state index < -0.39 is 11.6 Å². The Morgan fingerprint density at radius 1 is 0.920 bits per heavy atom. The molecular formula is C18H12ClF2N3O. The Kier molecular flexibility index (Phi) is 5.09. The molecule has 7 heteroatoms. The van der Waals surface area contributed by atoms with Crippen LogP contribution in [0.15, 0.2) is 48.9 Å². The van der Waals surface area contributed by atoms with Gasteiger partial charge in [0.05, 0.1) is 18.8 Å². The third-order valence-electron chi connectivity index (χ3n) is 3.53. The molecule has 0 atom stereocenters. The second kappa shape index (κ2) is 7.44. The van der Waals surface area contributed by atoms with E-state index in [0.29, 0.717) is 17.7 Å². The lowest BCUT2D eigenvalue weighted by Gasteiger charge is -2.04. The third kappa shape index (κ3) is 4.42. The number of rotatable bonds is 5. The van der Waals surface area contributed by atoms with Crippen LogP contribution in [0.25, 0.3) is 0 Å². The number of benzene rings is 1. The molecule has 2 aromatic heterocycles. The van der Waals surface area contributed by atoms with Gasteiger partial charge < -0.3 is 0 Å². The highest BCUT2D eigenvalue weighted by atomic mass is 35.5. The average molecular weight is 360 g/mol. The zero-order valence-electron chi connectivity index (χ0n) is 12.9. The van der Waals surface area contributed by atoms with E-state index in [0.717, 1.165) is 17.7 Å². The Morgan fingerprint density at radius 2 is 1.72 bits per heavy atom. The molecule has 0 unspecified atom stereocenters. The smallest absolute Gasteiger partial charge is 0.188 e. The van der Waals surface area contributed by atoms with Crippen LogP contribution in [0.3, 0.4) is 0 Å². The van der Waals surface area contributed by atoms with Crippen molar-refractivity contribution in [1.82, 2.24) is 15.0 Å². The van der Waals surface area contributed by atoms with Crippen LogP contribution in [-0.4, -0.2) is 20.7 Å². The van der Waals surface area contributed by atoms with Crippen molar-refractivity contribution in [1.29, 1.82) is 0 Å². The molecule has 0 amide bonds. The zero-order valence-corrected chi connectivity index (χ0v) is 13.7. The zero-order chi connectivity index (χ0) is 17.8. The monoisotopic (exact) mass is 359 g/mol. The molecule has 0 bridgehead atoms. The summed E-state index contributed by atoms with van der Waals surface area (Å²) in [7, 11) is 0. The lowest BCUT2D eigenvalue weighted by atomic mass is 10.1. The minimum Gasteiger partial charge on any atom is -0.292 e. The van der Waals surface area contributed by atoms with E-state index in [1.807, 2.05) is 0 Å². The molecule has 0 radical (unpaired) electrons. The summed E-state index contributed by atoms with van der Waals surface area (Å²) in [6.45, 7) is 0. The average Bonchev–Trinajstić information content (AvgIpc) is 2.60. The Labute approximate surface area is 147 Å². The molecule has 0 aliphatic rings. The van der Waals surface area contributed by atoms with Crippen molar-refractivity contribution >= 4 is 17.4 Å². The molecular weight excluding hydrogens is 348 g/mol. The number of ketones is 1. The SMILES string of the molecule is O=C(Cc1ccc(Cc2ccc(F)c(F)c2)cn1)c1cnc(Cl)cn1. The Bertz CT molecular complexity index is 899. The number of Topliss-reactive ketones (excluding diaryl/α,β-unsaturated/α-hetero) is 1. The first kappa shape index (κ1) is 17.1. The van der Waals surface area contributed by atoms with E-state index in [9.17, 15) is 13.6 Å². The van der Waals surface area contributed by atoms with Gasteiger partial charge in [-0.3, -0.25) is 9.78 Å². The number of pyridine rings is 1. The van der Waals surface area contributed by atoms with Gasteiger partial charge >= 0.3 is 0 Å². The van der Waals surface area contributed by atoms with Crippen LogP contribution in [-0.2, 0) is 12.8 Å². The predicted octanol–water partition coefficient (Wildman–Crippen LogP) is 3.82. The van der Waals surface area contributed by atoms with Gasteiger partial charge in [-0.05, 0) is 35.7 Å². The fraction of sp³-hybridized carbons (Fsp3) is 0.111. The van der Waals surface area contributed by atoms with Crippen LogP contribution in [0.5, 0.6) is 0 Å². The molecule has 2 heterocycles. The van der Waals surface area contributed by atoms with Gasteiger partial charge in [-0.15, -0.1) is 0 Å². The quantitative estimate of drug-likeness (QED) is 0.650. The third-order valence-corrected chi connectivity index (χ3v) is 3.72. The second-order valence-corrected chi connectivity index (χ2v) is 5.79. The molecule has 0 spiro atoms. The van der Waals surface area contributed by atoms with Gasteiger partial charge in [-0.2, -0.15) is 0 Å². The van der Waals surface area contributed by atoms with Crippen LogP contribution in [0.1, 0.15) is 27.3 Å². The summed E-state index contributed by atoms with van der Waals surface area (Å²) >= 11 is 5.64. The van der Waals surface area contributed by atoms with Gasteiger partial charge in [0.2, 0.25) is 0 Å². The summed E-state index contributed by atoms with van der Waals surface area (Å²) in [5, 5.41) is 0.219. The number of hydrogen-bond donors (Lipinski definition) is 0. The van der Waals surface area contributed by atoms with Crippen LogP contribution in [0.2, 0.25) is 5.15 Å². The topological polar surface area (TPSA) is 55.7 Å². The van der Waals surface area contributed by atoms with Crippen LogP contribution >= 0.6 is 11.6 Å². The van der Waals surface area contributed by atoms with Crippen molar-refractivity contribution in [2.75, 3.05) is 0 Å². The highest BCUT2D eigenvalue weighted by molar-refractivity contribution is 6.29. The number of carbonyl (C=O) groups excluding carboxylic acids is 1. The number of hydrogen-bond acceptors (Lipinski definition) is 4. The molecule has 3 aromatic rings. The number of halogens is 3. The molecule has 0 fully saturated rings. The lowest BCUT2D eigenvalue weighted by Crippen LogP contribution is -2.08. The maximum atomic E-state index is 13.2. The first-order valence-electron chi connectivity index (χ1n) is 7.40. The number of aromatic nitrogens is 3. The van der Waals surface area contributed by atoms with Crippen molar-refractivity contribution in [3.8, 4) is 0 Å². The van der Waals surface area contributed by atoms with Crippen molar-refractivity contribution < 1.29 is 13.6 Å². The fourth-order valence-electron chi connectivity index (χ4n) is 2.26. The highest BCUT2D eigenvalue weighted by Gasteiger charge is 2.10. The lowest BCUT2D eigenvalue weighted by molar-refractivity contribution is 0.0987. The molecule has 3 rings (SSSR count). The maximum absolute atomic E-state index is 13.2. The Morgan fingerprint density at radius 3 is 2.36 bits per heavy atom. The van der Waals surface area contributed by atoms with Crippen molar-refractivity contribution in [2.24, 2.45) is 0 Å². The Hall–Kier alpha value is -2.73. The first-order valence-corrected chi connectivity index (χ1v) is 7.77. The van der Waals surface area contributed by atoms with E-state index in [1.165, 1.54) is 18.5 Å². The summed E-state index contributed by atoms with van der Waals surface area (Å²) in [6, 6.07) is 7.29. The molecule has 0 N–H and O–H groups in total. The summed E-state index contributed by atoms with van der Waals surface area (Å²) < 4.78 is 26.2. The summed E-state index contributed by atoms with van der Waals surface area (Å²) in [4.78, 5) is 24.1. The van der Waals surface area contributed by atoms with Crippen LogP contribution < -0.4 is 0 Å². The molecule has 0 saturated carbocycles. The van der Waals surface area contributed by atoms with Gasteiger partial charge in [0.15, 0.2) is 17.4 Å². The second-order valence-electron chi connectivity index (χ2n) is 5.41. The summed E-state index contributed by atoms with van der Waals surface area (Å²) in [5.74, 6) is -1.97. The number of carbonyl (C=O) groups is 1. The van der Waals surface area contributed by atoms with Crippen molar-refractivity contribution in [2.45, 2.75) is 12.8 Å². The van der Waals surface area contributed by atoms with Crippen molar-refractivity contribution in [3.05, 3.63) is 88.2 Å². The highest BCUT2D eigenvalue weighted by Crippen LogP contribution is 2.14. The Balaban J connectivity index is 1.66.